The lowest BCUT2D eigenvalue weighted by Gasteiger charge is -2.32. The number of anilines is 2. The Hall–Kier alpha value is -3.15. The molecule has 1 unspecified atom stereocenters. The molecule has 2 aromatic heterocycles. The number of aliphatic imine (C=N–C) groups is 1. The molecule has 4 heterocycles. The molecule has 186 valence electrons. The van der Waals surface area contributed by atoms with Crippen molar-refractivity contribution in [2.24, 2.45) is 10.7 Å². The molecule has 1 fully saturated rings. The van der Waals surface area contributed by atoms with Crippen molar-refractivity contribution in [1.82, 2.24) is 19.7 Å². The first-order valence-corrected chi connectivity index (χ1v) is 13.4. The Balaban J connectivity index is 1.50. The molecular formula is C24H32N8O2S. The van der Waals surface area contributed by atoms with Gasteiger partial charge in [0.2, 0.25) is 5.79 Å². The Bertz CT molecular complexity index is 1350. The highest BCUT2D eigenvalue weighted by molar-refractivity contribution is 7.92. The van der Waals surface area contributed by atoms with Crippen molar-refractivity contribution in [3.8, 4) is 0 Å². The number of nitrogens with one attached hydrogen (secondary N) is 3. The Morgan fingerprint density at radius 2 is 1.94 bits per heavy atom. The topological polar surface area (TPSA) is 133 Å². The number of nitrogens with zero attached hydrogens (tertiary/aromatic N) is 4. The maximum Gasteiger partial charge on any atom is 0.214 e. The molecule has 0 radical (unpaired) electrons. The number of hydrogen-bond acceptors (Lipinski definition) is 8. The monoisotopic (exact) mass is 496 g/mol. The number of nitrogens with two attached hydrogens (primary N) is 1. The van der Waals surface area contributed by atoms with Gasteiger partial charge in [0.1, 0.15) is 5.69 Å². The average Bonchev–Trinajstić information content (AvgIpc) is 3.50. The van der Waals surface area contributed by atoms with Gasteiger partial charge in [-0.3, -0.25) is 10.4 Å². The van der Waals surface area contributed by atoms with Crippen LogP contribution in [0.1, 0.15) is 44.0 Å². The second-order valence-electron chi connectivity index (χ2n) is 9.58. The molecule has 0 spiro atoms. The van der Waals surface area contributed by atoms with Crippen LogP contribution in [-0.2, 0) is 15.6 Å². The third-order valence-corrected chi connectivity index (χ3v) is 8.98. The number of aromatic nitrogens is 3. The molecule has 2 aliphatic rings. The first-order valence-electron chi connectivity index (χ1n) is 11.8. The van der Waals surface area contributed by atoms with Crippen molar-refractivity contribution in [2.75, 3.05) is 30.8 Å². The van der Waals surface area contributed by atoms with Crippen LogP contribution in [0.25, 0.3) is 0 Å². The zero-order chi connectivity index (χ0) is 24.8. The molecule has 0 saturated carbocycles. The normalized spacial score (nSPS) is 21.5. The third-order valence-electron chi connectivity index (χ3n) is 6.77. The first-order chi connectivity index (χ1) is 16.7. The van der Waals surface area contributed by atoms with Crippen molar-refractivity contribution >= 4 is 27.0 Å². The van der Waals surface area contributed by atoms with E-state index in [-0.39, 0.29) is 4.90 Å². The van der Waals surface area contributed by atoms with Gasteiger partial charge < -0.3 is 20.5 Å². The van der Waals surface area contributed by atoms with Crippen LogP contribution in [-0.4, -0.2) is 59.3 Å². The zero-order valence-corrected chi connectivity index (χ0v) is 21.0. The molecule has 5 rings (SSSR count). The van der Waals surface area contributed by atoms with E-state index >= 15 is 0 Å². The minimum absolute atomic E-state index is 0.224. The number of benzene rings is 1. The number of piperidine rings is 1. The van der Waals surface area contributed by atoms with Gasteiger partial charge in [-0.05, 0) is 65.0 Å². The number of amidine groups is 1. The number of hydrogen-bond donors (Lipinski definition) is 4. The van der Waals surface area contributed by atoms with E-state index in [1.807, 2.05) is 16.9 Å². The third kappa shape index (κ3) is 4.35. The number of para-hydroxylation sites is 1. The second kappa shape index (κ2) is 8.81. The van der Waals surface area contributed by atoms with E-state index in [0.717, 1.165) is 37.2 Å². The lowest BCUT2D eigenvalue weighted by Crippen LogP contribution is -2.47. The summed E-state index contributed by atoms with van der Waals surface area (Å²) in [5.41, 5.74) is 9.45. The number of fused-ring (bicyclic) bond motifs is 1. The standard InChI is InChI=1S/C24H32N8O2S/c1-16(2)35(33,34)21-7-5-4-6-19(21)28-23-22-20(8-11-26-22)29-24(25,30-23)17-14-27-32(15-17)18-9-12-31(3)13-10-18/h4-8,11,14-16,18,26,29H,9-10,12-13,25H2,1-3H3,(H,28,30). The van der Waals surface area contributed by atoms with E-state index < -0.39 is 20.9 Å². The summed E-state index contributed by atoms with van der Waals surface area (Å²) in [6.45, 7) is 5.40. The summed E-state index contributed by atoms with van der Waals surface area (Å²) in [7, 11) is -1.37. The highest BCUT2D eigenvalue weighted by Crippen LogP contribution is 2.33. The minimum atomic E-state index is -3.51. The van der Waals surface area contributed by atoms with Gasteiger partial charge in [-0.2, -0.15) is 5.10 Å². The molecule has 0 amide bonds. The van der Waals surface area contributed by atoms with Gasteiger partial charge in [0.15, 0.2) is 15.7 Å². The number of likely N-dealkylation sites (tertiary alicyclic amines) is 1. The molecule has 3 aromatic rings. The number of H-pyrrole nitrogens is 1. The van der Waals surface area contributed by atoms with Crippen molar-refractivity contribution < 1.29 is 8.42 Å². The average molecular weight is 497 g/mol. The molecule has 0 bridgehead atoms. The lowest BCUT2D eigenvalue weighted by molar-refractivity contribution is 0.212. The zero-order valence-electron chi connectivity index (χ0n) is 20.2. The molecule has 35 heavy (non-hydrogen) atoms. The summed E-state index contributed by atoms with van der Waals surface area (Å²) in [5, 5.41) is 10.6. The Morgan fingerprint density at radius 1 is 1.20 bits per heavy atom. The Morgan fingerprint density at radius 3 is 2.69 bits per heavy atom. The van der Waals surface area contributed by atoms with E-state index in [4.69, 9.17) is 10.7 Å². The number of sulfone groups is 1. The van der Waals surface area contributed by atoms with Crippen LogP contribution in [0.2, 0.25) is 0 Å². The van der Waals surface area contributed by atoms with E-state index in [0.29, 0.717) is 23.3 Å². The van der Waals surface area contributed by atoms with Crippen LogP contribution in [0, 0.1) is 0 Å². The summed E-state index contributed by atoms with van der Waals surface area (Å²) < 4.78 is 27.9. The summed E-state index contributed by atoms with van der Waals surface area (Å²) in [5.74, 6) is -0.822. The molecule has 0 aliphatic carbocycles. The Labute approximate surface area is 205 Å². The van der Waals surface area contributed by atoms with Crippen molar-refractivity contribution in [2.45, 2.75) is 48.7 Å². The predicted molar refractivity (Wildman–Crippen MR) is 137 cm³/mol. The van der Waals surface area contributed by atoms with E-state index in [9.17, 15) is 8.42 Å². The minimum Gasteiger partial charge on any atom is -0.357 e. The van der Waals surface area contributed by atoms with Gasteiger partial charge in [-0.1, -0.05) is 12.1 Å². The van der Waals surface area contributed by atoms with Crippen LogP contribution in [0.5, 0.6) is 0 Å². The van der Waals surface area contributed by atoms with Crippen LogP contribution in [0.4, 0.5) is 11.4 Å². The molecule has 5 N–H and O–H groups in total. The van der Waals surface area contributed by atoms with Crippen LogP contribution >= 0.6 is 0 Å². The molecule has 1 atom stereocenters. The molecule has 10 nitrogen and oxygen atoms in total. The van der Waals surface area contributed by atoms with Gasteiger partial charge in [0.05, 0.1) is 39.3 Å². The van der Waals surface area contributed by atoms with Crippen LogP contribution in [0.15, 0.2) is 58.8 Å². The summed E-state index contributed by atoms with van der Waals surface area (Å²) in [6, 6.07) is 9.06. The predicted octanol–water partition coefficient (Wildman–Crippen LogP) is 2.71. The van der Waals surface area contributed by atoms with E-state index in [1.165, 1.54) is 0 Å². The van der Waals surface area contributed by atoms with Gasteiger partial charge in [0.25, 0.3) is 0 Å². The maximum atomic E-state index is 13.0. The summed E-state index contributed by atoms with van der Waals surface area (Å²) in [6.07, 6.45) is 7.56. The molecule has 2 aliphatic heterocycles. The van der Waals surface area contributed by atoms with Gasteiger partial charge >= 0.3 is 0 Å². The van der Waals surface area contributed by atoms with Gasteiger partial charge in [-0.15, -0.1) is 0 Å². The lowest BCUT2D eigenvalue weighted by atomic mass is 10.1. The smallest absolute Gasteiger partial charge is 0.214 e. The van der Waals surface area contributed by atoms with Crippen molar-refractivity contribution in [1.29, 1.82) is 0 Å². The van der Waals surface area contributed by atoms with E-state index in [1.54, 1.807) is 50.5 Å². The number of aromatic amines is 1. The highest BCUT2D eigenvalue weighted by Gasteiger charge is 2.36. The fraction of sp³-hybridized carbons (Fsp3) is 0.417. The fourth-order valence-electron chi connectivity index (χ4n) is 4.56. The molecular weight excluding hydrogens is 464 g/mol. The van der Waals surface area contributed by atoms with E-state index in [2.05, 4.69) is 32.7 Å². The quantitative estimate of drug-likeness (QED) is 0.427. The number of rotatable bonds is 5. The maximum absolute atomic E-state index is 13.0. The molecule has 1 aromatic carbocycles. The SMILES string of the molecule is CC(C)S(=O)(=O)c1ccccc1NC1=NC(N)(c2cnn(C3CCN(C)CC3)c2)Nc2cc[nH]c21. The van der Waals surface area contributed by atoms with Crippen molar-refractivity contribution in [3.05, 3.63) is 60.2 Å². The van der Waals surface area contributed by atoms with Gasteiger partial charge in [-0.25, -0.2) is 13.4 Å². The first kappa shape index (κ1) is 23.6. The molecule has 1 saturated heterocycles. The van der Waals surface area contributed by atoms with Crippen LogP contribution in [0.3, 0.4) is 0 Å². The summed E-state index contributed by atoms with van der Waals surface area (Å²) in [4.78, 5) is 10.5. The molecule has 11 heteroatoms. The second-order valence-corrected chi connectivity index (χ2v) is 12.0. The van der Waals surface area contributed by atoms with Crippen LogP contribution < -0.4 is 16.4 Å². The Kier molecular flexibility index (Phi) is 5.94. The van der Waals surface area contributed by atoms with Crippen molar-refractivity contribution in [3.63, 3.8) is 0 Å². The van der Waals surface area contributed by atoms with Gasteiger partial charge in [0, 0.05) is 12.4 Å². The summed E-state index contributed by atoms with van der Waals surface area (Å²) >= 11 is 0. The fourth-order valence-corrected chi connectivity index (χ4v) is 5.76. The largest absolute Gasteiger partial charge is 0.357 e. The highest BCUT2D eigenvalue weighted by atomic mass is 32.2.